The number of halogens is 1. The van der Waals surface area contributed by atoms with Gasteiger partial charge in [0.2, 0.25) is 0 Å². The van der Waals surface area contributed by atoms with Crippen LogP contribution in [0.5, 0.6) is 0 Å². The first kappa shape index (κ1) is 12.0. The fourth-order valence-electron chi connectivity index (χ4n) is 1.44. The molecule has 0 aliphatic heterocycles. The van der Waals surface area contributed by atoms with E-state index >= 15 is 0 Å². The summed E-state index contributed by atoms with van der Waals surface area (Å²) in [4.78, 5) is 0. The molecular weight excluding hydrogens is 191 g/mol. The summed E-state index contributed by atoms with van der Waals surface area (Å²) in [6.07, 6.45) is 0.576. The Morgan fingerprint density at radius 3 is 2.73 bits per heavy atom. The summed E-state index contributed by atoms with van der Waals surface area (Å²) in [7, 11) is 0. The summed E-state index contributed by atoms with van der Waals surface area (Å²) in [5.41, 5.74) is 7.02. The molecule has 1 aromatic rings. The number of nitrogens with two attached hydrogens (primary N) is 1. The van der Waals surface area contributed by atoms with Crippen LogP contribution in [0.2, 0.25) is 0 Å². The van der Waals surface area contributed by atoms with Crippen LogP contribution in [0.25, 0.3) is 0 Å². The van der Waals surface area contributed by atoms with Crippen molar-refractivity contribution in [3.63, 3.8) is 0 Å². The van der Waals surface area contributed by atoms with E-state index in [4.69, 9.17) is 5.73 Å². The Balaban J connectivity index is 2.80. The second-order valence-electron chi connectivity index (χ2n) is 4.08. The van der Waals surface area contributed by atoms with Gasteiger partial charge in [-0.2, -0.15) is 0 Å². The first-order valence-corrected chi connectivity index (χ1v) is 5.36. The minimum Gasteiger partial charge on any atom is -0.384 e. The van der Waals surface area contributed by atoms with E-state index in [1.807, 2.05) is 6.07 Å². The van der Waals surface area contributed by atoms with Crippen LogP contribution in [0.4, 0.5) is 10.1 Å². The van der Waals surface area contributed by atoms with Crippen molar-refractivity contribution >= 4 is 5.69 Å². The summed E-state index contributed by atoms with van der Waals surface area (Å²) < 4.78 is 13.5. The van der Waals surface area contributed by atoms with Gasteiger partial charge < -0.3 is 11.1 Å². The average Bonchev–Trinajstić information content (AvgIpc) is 2.19. The fourth-order valence-corrected chi connectivity index (χ4v) is 1.44. The Hall–Kier alpha value is -1.09. The summed E-state index contributed by atoms with van der Waals surface area (Å²) in [6.45, 7) is 5.56. The van der Waals surface area contributed by atoms with Gasteiger partial charge in [-0.05, 0) is 31.0 Å². The first-order valence-electron chi connectivity index (χ1n) is 5.36. The van der Waals surface area contributed by atoms with Crippen molar-refractivity contribution in [1.82, 2.24) is 0 Å². The molecule has 2 nitrogen and oxygen atoms in total. The molecule has 0 aromatic heterocycles. The molecule has 0 bridgehead atoms. The summed E-state index contributed by atoms with van der Waals surface area (Å²) in [6, 6.07) is 5.10. The quantitative estimate of drug-likeness (QED) is 0.783. The zero-order chi connectivity index (χ0) is 11.3. The SMILES string of the molecule is CC(C)CNc1cccc(F)c1CCN. The standard InChI is InChI=1S/C12H19FN2/c1-9(2)8-15-12-5-3-4-11(13)10(12)6-7-14/h3-5,9,15H,6-8,14H2,1-2H3. The van der Waals surface area contributed by atoms with Crippen molar-refractivity contribution in [2.75, 3.05) is 18.4 Å². The molecule has 0 aliphatic carbocycles. The number of hydrogen-bond acceptors (Lipinski definition) is 2. The molecule has 3 N–H and O–H groups in total. The van der Waals surface area contributed by atoms with Crippen LogP contribution < -0.4 is 11.1 Å². The largest absolute Gasteiger partial charge is 0.384 e. The van der Waals surface area contributed by atoms with E-state index < -0.39 is 0 Å². The highest BCUT2D eigenvalue weighted by Gasteiger charge is 2.07. The highest BCUT2D eigenvalue weighted by Crippen LogP contribution is 2.19. The van der Waals surface area contributed by atoms with E-state index in [1.165, 1.54) is 6.07 Å². The van der Waals surface area contributed by atoms with E-state index in [-0.39, 0.29) is 5.82 Å². The lowest BCUT2D eigenvalue weighted by molar-refractivity contribution is 0.609. The minimum absolute atomic E-state index is 0.172. The first-order chi connectivity index (χ1) is 7.15. The molecule has 0 unspecified atom stereocenters. The molecule has 0 heterocycles. The third-order valence-corrected chi connectivity index (χ3v) is 2.21. The van der Waals surface area contributed by atoms with E-state index in [0.29, 0.717) is 24.4 Å². The van der Waals surface area contributed by atoms with Crippen LogP contribution in [0.3, 0.4) is 0 Å². The number of rotatable bonds is 5. The highest BCUT2D eigenvalue weighted by atomic mass is 19.1. The molecular formula is C12H19FN2. The molecule has 0 spiro atoms. The van der Waals surface area contributed by atoms with Crippen LogP contribution in [0, 0.1) is 11.7 Å². The molecule has 0 amide bonds. The van der Waals surface area contributed by atoms with E-state index in [9.17, 15) is 4.39 Å². The lowest BCUT2D eigenvalue weighted by atomic mass is 10.1. The molecule has 84 valence electrons. The monoisotopic (exact) mass is 210 g/mol. The van der Waals surface area contributed by atoms with Gasteiger partial charge >= 0.3 is 0 Å². The highest BCUT2D eigenvalue weighted by molar-refractivity contribution is 5.51. The van der Waals surface area contributed by atoms with Gasteiger partial charge in [0.15, 0.2) is 0 Å². The van der Waals surface area contributed by atoms with Crippen molar-refractivity contribution < 1.29 is 4.39 Å². The predicted molar refractivity (Wildman–Crippen MR) is 62.5 cm³/mol. The number of hydrogen-bond donors (Lipinski definition) is 2. The van der Waals surface area contributed by atoms with Crippen LogP contribution in [0.15, 0.2) is 18.2 Å². The number of benzene rings is 1. The van der Waals surface area contributed by atoms with E-state index in [0.717, 1.165) is 12.2 Å². The maximum absolute atomic E-state index is 13.5. The fraction of sp³-hybridized carbons (Fsp3) is 0.500. The van der Waals surface area contributed by atoms with Crippen LogP contribution in [-0.2, 0) is 6.42 Å². The van der Waals surface area contributed by atoms with Crippen LogP contribution in [-0.4, -0.2) is 13.1 Å². The van der Waals surface area contributed by atoms with Crippen molar-refractivity contribution in [3.05, 3.63) is 29.6 Å². The normalized spacial score (nSPS) is 10.7. The summed E-state index contributed by atoms with van der Waals surface area (Å²) in [5.74, 6) is 0.369. The molecule has 1 rings (SSSR count). The van der Waals surface area contributed by atoms with Gasteiger partial charge in [-0.25, -0.2) is 4.39 Å². The maximum Gasteiger partial charge on any atom is 0.128 e. The van der Waals surface area contributed by atoms with Crippen molar-refractivity contribution in [1.29, 1.82) is 0 Å². The molecule has 0 atom stereocenters. The van der Waals surface area contributed by atoms with E-state index in [2.05, 4.69) is 19.2 Å². The molecule has 0 fully saturated rings. The lowest BCUT2D eigenvalue weighted by Crippen LogP contribution is -2.12. The van der Waals surface area contributed by atoms with Gasteiger partial charge in [0.1, 0.15) is 5.82 Å². The third-order valence-electron chi connectivity index (χ3n) is 2.21. The number of nitrogens with one attached hydrogen (secondary N) is 1. The van der Waals surface area contributed by atoms with Crippen molar-refractivity contribution in [3.8, 4) is 0 Å². The topological polar surface area (TPSA) is 38.0 Å². The minimum atomic E-state index is -0.172. The molecule has 0 saturated heterocycles. The second-order valence-corrected chi connectivity index (χ2v) is 4.08. The molecule has 1 aromatic carbocycles. The molecule has 3 heteroatoms. The summed E-state index contributed by atoms with van der Waals surface area (Å²) >= 11 is 0. The third kappa shape index (κ3) is 3.51. The Morgan fingerprint density at radius 2 is 2.13 bits per heavy atom. The number of anilines is 1. The second kappa shape index (κ2) is 5.71. The van der Waals surface area contributed by atoms with Crippen molar-refractivity contribution in [2.45, 2.75) is 20.3 Å². The molecule has 0 aliphatic rings. The zero-order valence-corrected chi connectivity index (χ0v) is 9.39. The Labute approximate surface area is 90.7 Å². The molecule has 0 radical (unpaired) electrons. The predicted octanol–water partition coefficient (Wildman–Crippen LogP) is 2.39. The Kier molecular flexibility index (Phi) is 4.56. The van der Waals surface area contributed by atoms with Crippen molar-refractivity contribution in [2.24, 2.45) is 11.7 Å². The molecule has 0 saturated carbocycles. The van der Waals surface area contributed by atoms with E-state index in [1.54, 1.807) is 6.07 Å². The van der Waals surface area contributed by atoms with Crippen LogP contribution >= 0.6 is 0 Å². The van der Waals surface area contributed by atoms with Gasteiger partial charge in [0, 0.05) is 17.8 Å². The summed E-state index contributed by atoms with van der Waals surface area (Å²) in [5, 5.41) is 3.24. The van der Waals surface area contributed by atoms with Gasteiger partial charge in [-0.15, -0.1) is 0 Å². The van der Waals surface area contributed by atoms with Gasteiger partial charge in [-0.3, -0.25) is 0 Å². The van der Waals surface area contributed by atoms with Gasteiger partial charge in [0.05, 0.1) is 0 Å². The molecule has 15 heavy (non-hydrogen) atoms. The Bertz CT molecular complexity index is 310. The van der Waals surface area contributed by atoms with Crippen LogP contribution in [0.1, 0.15) is 19.4 Å². The Morgan fingerprint density at radius 1 is 1.40 bits per heavy atom. The van der Waals surface area contributed by atoms with Gasteiger partial charge in [-0.1, -0.05) is 19.9 Å². The van der Waals surface area contributed by atoms with Gasteiger partial charge in [0.25, 0.3) is 0 Å². The average molecular weight is 210 g/mol. The smallest absolute Gasteiger partial charge is 0.128 e. The zero-order valence-electron chi connectivity index (χ0n) is 9.39. The maximum atomic E-state index is 13.5. The lowest BCUT2D eigenvalue weighted by Gasteiger charge is -2.13.